The van der Waals surface area contributed by atoms with Crippen LogP contribution in [0, 0.1) is 5.82 Å². The fourth-order valence-corrected chi connectivity index (χ4v) is 2.95. The van der Waals surface area contributed by atoms with Crippen molar-refractivity contribution in [1.82, 2.24) is 15.5 Å². The summed E-state index contributed by atoms with van der Waals surface area (Å²) in [5.41, 5.74) is 2.48. The molecule has 3 rings (SSSR count). The molecule has 0 spiro atoms. The zero-order valence-electron chi connectivity index (χ0n) is 14.9. The lowest BCUT2D eigenvalue weighted by Crippen LogP contribution is -2.26. The molecule has 1 heterocycles. The number of hydrogen-bond donors (Lipinski definition) is 2. The van der Waals surface area contributed by atoms with Gasteiger partial charge in [-0.1, -0.05) is 23.7 Å². The Morgan fingerprint density at radius 2 is 2.04 bits per heavy atom. The predicted octanol–water partition coefficient (Wildman–Crippen LogP) is 4.76. The van der Waals surface area contributed by atoms with E-state index in [1.807, 2.05) is 19.9 Å². The van der Waals surface area contributed by atoms with Crippen LogP contribution in [0.4, 0.5) is 4.39 Å². The Labute approximate surface area is 161 Å². The summed E-state index contributed by atoms with van der Waals surface area (Å²) in [6.45, 7) is 4.22. The quantitative estimate of drug-likeness (QED) is 0.640. The van der Waals surface area contributed by atoms with E-state index in [0.29, 0.717) is 28.6 Å². The molecule has 0 fully saturated rings. The van der Waals surface area contributed by atoms with Crippen LogP contribution >= 0.6 is 11.6 Å². The van der Waals surface area contributed by atoms with Crippen LogP contribution in [0.2, 0.25) is 5.02 Å². The number of H-pyrrole nitrogens is 1. The highest BCUT2D eigenvalue weighted by Crippen LogP contribution is 2.31. The lowest BCUT2D eigenvalue weighted by molar-refractivity contribution is 0.0940. The Morgan fingerprint density at radius 1 is 1.30 bits per heavy atom. The SMILES string of the molecule is CCOc1ccc(-c2[nH]ncc2C(=O)NC(C)c2ccc(F)cc2)cc1Cl. The number of benzene rings is 2. The Balaban J connectivity index is 1.81. The fourth-order valence-electron chi connectivity index (χ4n) is 2.72. The van der Waals surface area contributed by atoms with Gasteiger partial charge in [-0.2, -0.15) is 5.10 Å². The first-order valence-electron chi connectivity index (χ1n) is 8.52. The van der Waals surface area contributed by atoms with Crippen molar-refractivity contribution in [2.75, 3.05) is 6.61 Å². The number of rotatable bonds is 6. The van der Waals surface area contributed by atoms with Crippen molar-refractivity contribution in [1.29, 1.82) is 0 Å². The Kier molecular flexibility index (Phi) is 5.76. The van der Waals surface area contributed by atoms with E-state index in [1.165, 1.54) is 18.3 Å². The summed E-state index contributed by atoms with van der Waals surface area (Å²) >= 11 is 6.24. The summed E-state index contributed by atoms with van der Waals surface area (Å²) in [6, 6.07) is 11.0. The van der Waals surface area contributed by atoms with Crippen LogP contribution in [0.25, 0.3) is 11.3 Å². The molecule has 0 aliphatic heterocycles. The number of hydrogen-bond acceptors (Lipinski definition) is 3. The van der Waals surface area contributed by atoms with Gasteiger partial charge in [-0.25, -0.2) is 4.39 Å². The van der Waals surface area contributed by atoms with Gasteiger partial charge in [0, 0.05) is 5.56 Å². The van der Waals surface area contributed by atoms with E-state index in [0.717, 1.165) is 11.1 Å². The molecular weight excluding hydrogens is 369 g/mol. The molecule has 0 aliphatic carbocycles. The van der Waals surface area contributed by atoms with Gasteiger partial charge in [0.15, 0.2) is 0 Å². The maximum atomic E-state index is 13.1. The summed E-state index contributed by atoms with van der Waals surface area (Å²) in [6.07, 6.45) is 1.46. The number of amides is 1. The lowest BCUT2D eigenvalue weighted by atomic mass is 10.1. The standard InChI is InChI=1S/C20H19ClFN3O2/c1-3-27-18-9-6-14(10-17(18)21)19-16(11-23-25-19)20(26)24-12(2)13-4-7-15(22)8-5-13/h4-12H,3H2,1-2H3,(H,23,25)(H,24,26). The molecule has 0 bridgehead atoms. The maximum absolute atomic E-state index is 13.1. The minimum Gasteiger partial charge on any atom is -0.492 e. The van der Waals surface area contributed by atoms with Crippen LogP contribution < -0.4 is 10.1 Å². The van der Waals surface area contributed by atoms with Crippen molar-refractivity contribution >= 4 is 17.5 Å². The second kappa shape index (κ2) is 8.22. The highest BCUT2D eigenvalue weighted by Gasteiger charge is 2.18. The smallest absolute Gasteiger partial charge is 0.255 e. The molecule has 5 nitrogen and oxygen atoms in total. The van der Waals surface area contributed by atoms with Gasteiger partial charge in [0.25, 0.3) is 5.91 Å². The number of aromatic amines is 1. The molecule has 7 heteroatoms. The van der Waals surface area contributed by atoms with Gasteiger partial charge in [-0.15, -0.1) is 0 Å². The molecule has 1 unspecified atom stereocenters. The van der Waals surface area contributed by atoms with Crippen molar-refractivity contribution in [3.63, 3.8) is 0 Å². The average molecular weight is 388 g/mol. The van der Waals surface area contributed by atoms with E-state index in [9.17, 15) is 9.18 Å². The average Bonchev–Trinajstić information content (AvgIpc) is 3.14. The minimum atomic E-state index is -0.318. The lowest BCUT2D eigenvalue weighted by Gasteiger charge is -2.14. The maximum Gasteiger partial charge on any atom is 0.255 e. The van der Waals surface area contributed by atoms with Crippen molar-refractivity contribution in [2.45, 2.75) is 19.9 Å². The third-order valence-electron chi connectivity index (χ3n) is 4.12. The first-order valence-corrected chi connectivity index (χ1v) is 8.89. The van der Waals surface area contributed by atoms with Crippen LogP contribution in [0.1, 0.15) is 35.8 Å². The van der Waals surface area contributed by atoms with Crippen LogP contribution in [0.3, 0.4) is 0 Å². The number of nitrogens with one attached hydrogen (secondary N) is 2. The molecule has 1 aromatic heterocycles. The fraction of sp³-hybridized carbons (Fsp3) is 0.200. The summed E-state index contributed by atoms with van der Waals surface area (Å²) in [5, 5.41) is 10.2. The number of aromatic nitrogens is 2. The molecule has 2 aromatic carbocycles. The molecular formula is C20H19ClFN3O2. The predicted molar refractivity (Wildman–Crippen MR) is 102 cm³/mol. The number of ether oxygens (including phenoxy) is 1. The molecule has 0 radical (unpaired) electrons. The Bertz CT molecular complexity index is 941. The normalized spacial score (nSPS) is 11.9. The van der Waals surface area contributed by atoms with Gasteiger partial charge in [-0.3, -0.25) is 9.89 Å². The van der Waals surface area contributed by atoms with Crippen LogP contribution in [-0.4, -0.2) is 22.7 Å². The third kappa shape index (κ3) is 4.28. The van der Waals surface area contributed by atoms with Crippen molar-refractivity contribution in [3.05, 3.63) is 70.6 Å². The molecule has 140 valence electrons. The topological polar surface area (TPSA) is 67.0 Å². The molecule has 1 atom stereocenters. The summed E-state index contributed by atoms with van der Waals surface area (Å²) in [5.74, 6) is -0.0271. The van der Waals surface area contributed by atoms with E-state index < -0.39 is 0 Å². The Hall–Kier alpha value is -2.86. The van der Waals surface area contributed by atoms with E-state index in [-0.39, 0.29) is 17.8 Å². The molecule has 2 N–H and O–H groups in total. The first-order chi connectivity index (χ1) is 13.0. The van der Waals surface area contributed by atoms with Crippen LogP contribution in [0.5, 0.6) is 5.75 Å². The number of carbonyl (C=O) groups excluding carboxylic acids is 1. The summed E-state index contributed by atoms with van der Waals surface area (Å²) < 4.78 is 18.5. The highest BCUT2D eigenvalue weighted by molar-refractivity contribution is 6.32. The van der Waals surface area contributed by atoms with Crippen molar-refractivity contribution in [3.8, 4) is 17.0 Å². The van der Waals surface area contributed by atoms with Gasteiger partial charge in [0.05, 0.1) is 35.1 Å². The van der Waals surface area contributed by atoms with Crippen molar-refractivity contribution in [2.24, 2.45) is 0 Å². The molecule has 0 saturated heterocycles. The zero-order valence-corrected chi connectivity index (χ0v) is 15.7. The van der Waals surface area contributed by atoms with Gasteiger partial charge in [0.1, 0.15) is 11.6 Å². The zero-order chi connectivity index (χ0) is 19.4. The summed E-state index contributed by atoms with van der Waals surface area (Å²) in [7, 11) is 0. The Morgan fingerprint density at radius 3 is 2.70 bits per heavy atom. The number of carbonyl (C=O) groups is 1. The molecule has 0 saturated carbocycles. The van der Waals surface area contributed by atoms with Crippen molar-refractivity contribution < 1.29 is 13.9 Å². The van der Waals surface area contributed by atoms with Gasteiger partial charge in [-0.05, 0) is 49.7 Å². The molecule has 1 amide bonds. The molecule has 3 aromatic rings. The molecule has 0 aliphatic rings. The number of nitrogens with zero attached hydrogens (tertiary/aromatic N) is 1. The molecule has 27 heavy (non-hydrogen) atoms. The second-order valence-corrected chi connectivity index (χ2v) is 6.39. The second-order valence-electron chi connectivity index (χ2n) is 5.98. The largest absolute Gasteiger partial charge is 0.492 e. The van der Waals surface area contributed by atoms with E-state index in [4.69, 9.17) is 16.3 Å². The number of halogens is 2. The summed E-state index contributed by atoms with van der Waals surface area (Å²) in [4.78, 5) is 12.7. The van der Waals surface area contributed by atoms with E-state index >= 15 is 0 Å². The first kappa shape index (κ1) is 18.9. The monoisotopic (exact) mass is 387 g/mol. The van der Waals surface area contributed by atoms with Crippen LogP contribution in [-0.2, 0) is 0 Å². The highest BCUT2D eigenvalue weighted by atomic mass is 35.5. The van der Waals surface area contributed by atoms with Gasteiger partial charge in [0.2, 0.25) is 0 Å². The minimum absolute atomic E-state index is 0.287. The van der Waals surface area contributed by atoms with Gasteiger partial charge >= 0.3 is 0 Å². The third-order valence-corrected chi connectivity index (χ3v) is 4.42. The van der Waals surface area contributed by atoms with Crippen LogP contribution in [0.15, 0.2) is 48.7 Å². The van der Waals surface area contributed by atoms with E-state index in [1.54, 1.807) is 24.3 Å². The van der Waals surface area contributed by atoms with Gasteiger partial charge < -0.3 is 10.1 Å². The van der Waals surface area contributed by atoms with E-state index in [2.05, 4.69) is 15.5 Å².